The lowest BCUT2D eigenvalue weighted by atomic mass is 10.2. The van der Waals surface area contributed by atoms with Gasteiger partial charge in [0.05, 0.1) is 6.54 Å². The van der Waals surface area contributed by atoms with E-state index in [2.05, 4.69) is 10.3 Å². The highest BCUT2D eigenvalue weighted by Crippen LogP contribution is 2.18. The maximum atomic E-state index is 11.7. The maximum absolute atomic E-state index is 11.7. The van der Waals surface area contributed by atoms with Gasteiger partial charge in [0.25, 0.3) is 0 Å². The highest BCUT2D eigenvalue weighted by atomic mass is 32.2. The average Bonchev–Trinajstić information content (AvgIpc) is 2.44. The molecule has 0 spiro atoms. The van der Waals surface area contributed by atoms with Crippen molar-refractivity contribution in [2.24, 2.45) is 0 Å². The highest BCUT2D eigenvalue weighted by Gasteiger charge is 2.14. The molecule has 0 fully saturated rings. The second-order valence-corrected chi connectivity index (χ2v) is 7.23. The molecule has 1 N–H and O–H groups in total. The van der Waals surface area contributed by atoms with Crippen molar-refractivity contribution in [3.63, 3.8) is 0 Å². The molecule has 118 valence electrons. The third-order valence-corrected chi connectivity index (χ3v) is 4.18. The van der Waals surface area contributed by atoms with Gasteiger partial charge in [-0.05, 0) is 43.7 Å². The summed E-state index contributed by atoms with van der Waals surface area (Å²) in [6, 6.07) is 10.9. The minimum atomic E-state index is -3.31. The van der Waals surface area contributed by atoms with Gasteiger partial charge in [0.2, 0.25) is 0 Å². The molecule has 1 atom stereocenters. The summed E-state index contributed by atoms with van der Waals surface area (Å²) >= 11 is 0. The summed E-state index contributed by atoms with van der Waals surface area (Å²) in [5, 5.41) is 3.04. The smallest absolute Gasteiger partial charge is 0.179 e. The summed E-state index contributed by atoms with van der Waals surface area (Å²) in [5.41, 5.74) is 1.13. The van der Waals surface area contributed by atoms with E-state index >= 15 is 0 Å². The number of sulfone groups is 1. The standard InChI is InChI=1S/C16H20N2O3S/c1-12-6-4-7-14(10-12)21-13(2)11-18-16-15(22(3,19)20)8-5-9-17-16/h4-10,13H,11H2,1-3H3,(H,17,18). The third kappa shape index (κ3) is 4.46. The quantitative estimate of drug-likeness (QED) is 0.886. The van der Waals surface area contributed by atoms with Crippen molar-refractivity contribution in [2.45, 2.75) is 24.8 Å². The van der Waals surface area contributed by atoms with Gasteiger partial charge in [-0.15, -0.1) is 0 Å². The van der Waals surface area contributed by atoms with Gasteiger partial charge in [0.15, 0.2) is 9.84 Å². The van der Waals surface area contributed by atoms with Crippen LogP contribution in [0.2, 0.25) is 0 Å². The van der Waals surface area contributed by atoms with Crippen LogP contribution in [0.25, 0.3) is 0 Å². The molecule has 1 aromatic heterocycles. The molecular formula is C16H20N2O3S. The number of hydrogen-bond donors (Lipinski definition) is 1. The Kier molecular flexibility index (Phi) is 5.03. The molecule has 0 amide bonds. The van der Waals surface area contributed by atoms with Gasteiger partial charge in [0, 0.05) is 12.5 Å². The van der Waals surface area contributed by atoms with E-state index in [1.54, 1.807) is 12.3 Å². The molecule has 5 nitrogen and oxygen atoms in total. The lowest BCUT2D eigenvalue weighted by Crippen LogP contribution is -2.24. The lowest BCUT2D eigenvalue weighted by molar-refractivity contribution is 0.234. The number of aromatic nitrogens is 1. The lowest BCUT2D eigenvalue weighted by Gasteiger charge is -2.17. The monoisotopic (exact) mass is 320 g/mol. The van der Waals surface area contributed by atoms with Crippen LogP contribution in [-0.4, -0.2) is 32.3 Å². The Balaban J connectivity index is 2.01. The zero-order chi connectivity index (χ0) is 16.2. The Labute approximate surface area is 131 Å². The van der Waals surface area contributed by atoms with Gasteiger partial charge in [-0.25, -0.2) is 13.4 Å². The Morgan fingerprint density at radius 1 is 1.27 bits per heavy atom. The normalized spacial score (nSPS) is 12.7. The minimum absolute atomic E-state index is 0.129. The molecule has 0 radical (unpaired) electrons. The Hall–Kier alpha value is -2.08. The number of pyridine rings is 1. The van der Waals surface area contributed by atoms with E-state index in [0.29, 0.717) is 12.4 Å². The number of nitrogens with one attached hydrogen (secondary N) is 1. The molecule has 0 saturated carbocycles. The summed E-state index contributed by atoms with van der Waals surface area (Å²) in [6.45, 7) is 4.37. The van der Waals surface area contributed by atoms with Crippen LogP contribution in [-0.2, 0) is 9.84 Å². The first-order valence-electron chi connectivity index (χ1n) is 6.98. The van der Waals surface area contributed by atoms with Crippen LogP contribution in [0, 0.1) is 6.92 Å². The number of ether oxygens (including phenoxy) is 1. The second-order valence-electron chi connectivity index (χ2n) is 5.25. The van der Waals surface area contributed by atoms with Crippen LogP contribution in [0.1, 0.15) is 12.5 Å². The zero-order valence-corrected chi connectivity index (χ0v) is 13.7. The first-order valence-corrected chi connectivity index (χ1v) is 8.87. The van der Waals surface area contributed by atoms with E-state index in [9.17, 15) is 8.42 Å². The summed E-state index contributed by atoms with van der Waals surface area (Å²) in [5.74, 6) is 1.14. The zero-order valence-electron chi connectivity index (χ0n) is 12.9. The van der Waals surface area contributed by atoms with Crippen LogP contribution in [0.5, 0.6) is 5.75 Å². The molecule has 22 heavy (non-hydrogen) atoms. The van der Waals surface area contributed by atoms with Gasteiger partial charge in [-0.3, -0.25) is 0 Å². The number of benzene rings is 1. The fraction of sp³-hybridized carbons (Fsp3) is 0.312. The van der Waals surface area contributed by atoms with Crippen molar-refractivity contribution < 1.29 is 13.2 Å². The van der Waals surface area contributed by atoms with E-state index in [-0.39, 0.29) is 11.0 Å². The van der Waals surface area contributed by atoms with Crippen LogP contribution in [0.4, 0.5) is 5.82 Å². The molecule has 2 aromatic rings. The summed E-state index contributed by atoms with van der Waals surface area (Å²) < 4.78 is 29.2. The molecule has 0 aliphatic carbocycles. The molecule has 0 aliphatic heterocycles. The van der Waals surface area contributed by atoms with Gasteiger partial charge in [0.1, 0.15) is 22.6 Å². The van der Waals surface area contributed by atoms with E-state index in [4.69, 9.17) is 4.74 Å². The summed E-state index contributed by atoms with van der Waals surface area (Å²) in [4.78, 5) is 4.28. The van der Waals surface area contributed by atoms with Crippen molar-refractivity contribution in [1.82, 2.24) is 4.98 Å². The SMILES string of the molecule is Cc1cccc(OC(C)CNc2ncccc2S(C)(=O)=O)c1. The molecule has 2 rings (SSSR count). The molecule has 6 heteroatoms. The third-order valence-electron chi connectivity index (χ3n) is 3.05. The number of aryl methyl sites for hydroxylation is 1. The number of nitrogens with zero attached hydrogens (tertiary/aromatic N) is 1. The van der Waals surface area contributed by atoms with E-state index in [0.717, 1.165) is 11.3 Å². The Bertz CT molecular complexity index is 745. The van der Waals surface area contributed by atoms with Crippen molar-refractivity contribution in [3.8, 4) is 5.75 Å². The first-order chi connectivity index (χ1) is 10.4. The van der Waals surface area contributed by atoms with E-state index in [1.807, 2.05) is 38.1 Å². The molecule has 1 heterocycles. The first kappa shape index (κ1) is 16.3. The molecule has 0 bridgehead atoms. The molecular weight excluding hydrogens is 300 g/mol. The minimum Gasteiger partial charge on any atom is -0.489 e. The number of rotatable bonds is 6. The van der Waals surface area contributed by atoms with Crippen LogP contribution in [0.15, 0.2) is 47.5 Å². The molecule has 0 aliphatic rings. The van der Waals surface area contributed by atoms with Crippen LogP contribution >= 0.6 is 0 Å². The highest BCUT2D eigenvalue weighted by molar-refractivity contribution is 7.90. The summed E-state index contributed by atoms with van der Waals surface area (Å²) in [6.07, 6.45) is 2.60. The van der Waals surface area contributed by atoms with Gasteiger partial charge < -0.3 is 10.1 Å². The molecule has 0 saturated heterocycles. The fourth-order valence-corrected chi connectivity index (χ4v) is 2.83. The Morgan fingerprint density at radius 3 is 2.73 bits per heavy atom. The van der Waals surface area contributed by atoms with Gasteiger partial charge in [-0.2, -0.15) is 0 Å². The van der Waals surface area contributed by atoms with Crippen LogP contribution < -0.4 is 10.1 Å². The average molecular weight is 320 g/mol. The predicted molar refractivity (Wildman–Crippen MR) is 87.1 cm³/mol. The molecule has 1 aromatic carbocycles. The Morgan fingerprint density at radius 2 is 2.05 bits per heavy atom. The maximum Gasteiger partial charge on any atom is 0.179 e. The van der Waals surface area contributed by atoms with Gasteiger partial charge >= 0.3 is 0 Å². The van der Waals surface area contributed by atoms with Crippen molar-refractivity contribution in [2.75, 3.05) is 18.1 Å². The van der Waals surface area contributed by atoms with E-state index in [1.165, 1.54) is 12.3 Å². The van der Waals surface area contributed by atoms with Crippen molar-refractivity contribution >= 4 is 15.7 Å². The van der Waals surface area contributed by atoms with Crippen molar-refractivity contribution in [1.29, 1.82) is 0 Å². The van der Waals surface area contributed by atoms with Crippen LogP contribution in [0.3, 0.4) is 0 Å². The molecule has 1 unspecified atom stereocenters. The van der Waals surface area contributed by atoms with Gasteiger partial charge in [-0.1, -0.05) is 12.1 Å². The predicted octanol–water partition coefficient (Wildman–Crippen LogP) is 2.67. The van der Waals surface area contributed by atoms with Crippen molar-refractivity contribution in [3.05, 3.63) is 48.2 Å². The van der Waals surface area contributed by atoms with E-state index < -0.39 is 9.84 Å². The topological polar surface area (TPSA) is 68.3 Å². The number of anilines is 1. The fourth-order valence-electron chi connectivity index (χ4n) is 2.03. The summed E-state index contributed by atoms with van der Waals surface area (Å²) in [7, 11) is -3.31. The largest absolute Gasteiger partial charge is 0.489 e. The second kappa shape index (κ2) is 6.79. The number of hydrogen-bond acceptors (Lipinski definition) is 5.